The highest BCUT2D eigenvalue weighted by Gasteiger charge is 2.27. The molecule has 16 nitrogen and oxygen atoms in total. The minimum Gasteiger partial charge on any atom is -0.392 e. The van der Waals surface area contributed by atoms with Gasteiger partial charge in [-0.15, -0.1) is 0 Å². The normalized spacial score (nSPS) is 13.7. The van der Waals surface area contributed by atoms with Gasteiger partial charge in [0.25, 0.3) is 11.8 Å². The van der Waals surface area contributed by atoms with E-state index >= 15 is 0 Å². The number of unbranched alkanes of at least 4 members (excludes halogenated alkanes) is 2. The maximum absolute atomic E-state index is 12.9. The standard InChI is InChI=1S/C36H55N5O11/c1-26(2)34(36(48)38-27(3)35(47)39-29-10-8-28(25-42)9-11-29)40-31(44)14-17-49-19-21-51-23-24-52-22-20-50-18-15-37-30(43)7-5-4-6-16-41-32(45)12-13-33(41)46/h8-13,26-27,34,42H,4-7,14-25H2,1-3H3,(H,37,43)(H,38,48)(H,39,47)(H,40,44)/t27-,34-/m0/s1. The molecule has 0 radical (unpaired) electrons. The van der Waals surface area contributed by atoms with E-state index in [0.29, 0.717) is 83.2 Å². The minimum atomic E-state index is -0.848. The fourth-order valence-electron chi connectivity index (χ4n) is 4.75. The third-order valence-electron chi connectivity index (χ3n) is 7.77. The number of carbonyl (C=O) groups excluding carboxylic acids is 6. The summed E-state index contributed by atoms with van der Waals surface area (Å²) in [5, 5.41) is 20.0. The minimum absolute atomic E-state index is 0.0501. The van der Waals surface area contributed by atoms with Gasteiger partial charge in [0.1, 0.15) is 12.1 Å². The molecule has 0 bridgehead atoms. The van der Waals surface area contributed by atoms with Crippen molar-refractivity contribution in [3.8, 4) is 0 Å². The van der Waals surface area contributed by atoms with Crippen LogP contribution in [0.15, 0.2) is 36.4 Å². The molecule has 1 aliphatic rings. The Labute approximate surface area is 305 Å². The summed E-state index contributed by atoms with van der Waals surface area (Å²) < 4.78 is 21.8. The van der Waals surface area contributed by atoms with E-state index in [4.69, 9.17) is 24.1 Å². The number of amides is 6. The van der Waals surface area contributed by atoms with Crippen LogP contribution < -0.4 is 21.3 Å². The first-order chi connectivity index (χ1) is 25.0. The van der Waals surface area contributed by atoms with E-state index in [0.717, 1.165) is 6.42 Å². The van der Waals surface area contributed by atoms with E-state index < -0.39 is 23.9 Å². The lowest BCUT2D eigenvalue weighted by atomic mass is 10.0. The Bertz CT molecular complexity index is 1290. The largest absolute Gasteiger partial charge is 0.392 e. The lowest BCUT2D eigenvalue weighted by molar-refractivity contribution is -0.137. The third-order valence-corrected chi connectivity index (χ3v) is 7.77. The van der Waals surface area contributed by atoms with E-state index in [1.54, 1.807) is 45.0 Å². The van der Waals surface area contributed by atoms with Crippen molar-refractivity contribution in [1.82, 2.24) is 20.9 Å². The monoisotopic (exact) mass is 733 g/mol. The predicted octanol–water partition coefficient (Wildman–Crippen LogP) is 0.821. The number of aliphatic hydroxyl groups is 1. The van der Waals surface area contributed by atoms with Crippen LogP contribution in [0.5, 0.6) is 0 Å². The average Bonchev–Trinajstić information content (AvgIpc) is 3.44. The molecule has 0 saturated heterocycles. The van der Waals surface area contributed by atoms with Crippen molar-refractivity contribution in [3.05, 3.63) is 42.0 Å². The Morgan fingerprint density at radius 1 is 0.692 bits per heavy atom. The first-order valence-electron chi connectivity index (χ1n) is 17.7. The number of anilines is 1. The molecule has 0 aliphatic carbocycles. The first kappa shape index (κ1) is 43.9. The lowest BCUT2D eigenvalue weighted by Gasteiger charge is -2.24. The molecule has 0 unspecified atom stereocenters. The summed E-state index contributed by atoms with van der Waals surface area (Å²) in [5.74, 6) is -2.11. The number of aliphatic hydroxyl groups excluding tert-OH is 1. The summed E-state index contributed by atoms with van der Waals surface area (Å²) in [4.78, 5) is 74.0. The molecule has 16 heteroatoms. The molecule has 52 heavy (non-hydrogen) atoms. The molecule has 0 fully saturated rings. The van der Waals surface area contributed by atoms with Gasteiger partial charge in [-0.3, -0.25) is 33.7 Å². The molecule has 1 aliphatic heterocycles. The zero-order chi connectivity index (χ0) is 38.1. The molecule has 1 heterocycles. The van der Waals surface area contributed by atoms with Crippen LogP contribution >= 0.6 is 0 Å². The highest BCUT2D eigenvalue weighted by Crippen LogP contribution is 2.11. The summed E-state index contributed by atoms with van der Waals surface area (Å²) in [5.41, 5.74) is 1.24. The van der Waals surface area contributed by atoms with Crippen molar-refractivity contribution in [2.45, 2.75) is 71.6 Å². The lowest BCUT2D eigenvalue weighted by Crippen LogP contribution is -2.53. The van der Waals surface area contributed by atoms with Crippen LogP contribution in [-0.2, 0) is 54.3 Å². The summed E-state index contributed by atoms with van der Waals surface area (Å²) >= 11 is 0. The van der Waals surface area contributed by atoms with Crippen LogP contribution in [0.2, 0.25) is 0 Å². The Morgan fingerprint density at radius 3 is 1.85 bits per heavy atom. The van der Waals surface area contributed by atoms with Crippen LogP contribution in [-0.4, -0.2) is 123 Å². The number of hydrogen-bond acceptors (Lipinski definition) is 11. The zero-order valence-electron chi connectivity index (χ0n) is 30.5. The van der Waals surface area contributed by atoms with Gasteiger partial charge in [0, 0.05) is 43.8 Å². The van der Waals surface area contributed by atoms with E-state index in [2.05, 4.69) is 21.3 Å². The summed E-state index contributed by atoms with van der Waals surface area (Å²) in [6, 6.07) is 5.01. The van der Waals surface area contributed by atoms with Gasteiger partial charge in [0.05, 0.1) is 59.5 Å². The number of carbonyl (C=O) groups is 6. The van der Waals surface area contributed by atoms with E-state index in [1.165, 1.54) is 17.1 Å². The predicted molar refractivity (Wildman–Crippen MR) is 191 cm³/mol. The SMILES string of the molecule is CC(C)[C@H](NC(=O)CCOCCOCCOCCOCCNC(=O)CCCCCN1C(=O)C=CC1=O)C(=O)N[C@@H](C)C(=O)Nc1ccc(CO)cc1. The molecule has 5 N–H and O–H groups in total. The second kappa shape index (κ2) is 25.7. The Kier molecular flexibility index (Phi) is 21.7. The smallest absolute Gasteiger partial charge is 0.253 e. The Hall–Kier alpha value is -4.22. The van der Waals surface area contributed by atoms with Crippen LogP contribution in [0.4, 0.5) is 5.69 Å². The maximum Gasteiger partial charge on any atom is 0.253 e. The van der Waals surface area contributed by atoms with Gasteiger partial charge in [0.15, 0.2) is 0 Å². The van der Waals surface area contributed by atoms with Gasteiger partial charge in [0.2, 0.25) is 23.6 Å². The van der Waals surface area contributed by atoms with Gasteiger partial charge in [-0.05, 0) is 43.4 Å². The zero-order valence-corrected chi connectivity index (χ0v) is 30.5. The van der Waals surface area contributed by atoms with E-state index in [-0.39, 0.29) is 55.8 Å². The molecule has 290 valence electrons. The fourth-order valence-corrected chi connectivity index (χ4v) is 4.75. The average molecular weight is 734 g/mol. The van der Waals surface area contributed by atoms with Crippen molar-refractivity contribution in [1.29, 1.82) is 0 Å². The van der Waals surface area contributed by atoms with Gasteiger partial charge in [-0.25, -0.2) is 0 Å². The maximum atomic E-state index is 12.9. The molecule has 6 amide bonds. The van der Waals surface area contributed by atoms with Crippen molar-refractivity contribution < 1.29 is 52.8 Å². The summed E-state index contributed by atoms with van der Waals surface area (Å²) in [6.07, 6.45) is 5.03. The van der Waals surface area contributed by atoms with E-state index in [1.807, 2.05) is 0 Å². The topological polar surface area (TPSA) is 211 Å². The van der Waals surface area contributed by atoms with Crippen LogP contribution in [0.3, 0.4) is 0 Å². The molecule has 1 aromatic carbocycles. The number of benzene rings is 1. The number of nitrogens with zero attached hydrogens (tertiary/aromatic N) is 1. The molecule has 0 spiro atoms. The Balaban J connectivity index is 1.40. The van der Waals surface area contributed by atoms with Gasteiger partial charge in [-0.1, -0.05) is 32.4 Å². The fraction of sp³-hybridized carbons (Fsp3) is 0.611. The summed E-state index contributed by atoms with van der Waals surface area (Å²) in [7, 11) is 0. The molecule has 1 aromatic rings. The molecule has 2 rings (SSSR count). The van der Waals surface area contributed by atoms with Gasteiger partial charge >= 0.3 is 0 Å². The highest BCUT2D eigenvalue weighted by atomic mass is 16.6. The van der Waals surface area contributed by atoms with E-state index in [9.17, 15) is 28.8 Å². The molecule has 2 atom stereocenters. The number of hydrogen-bond donors (Lipinski definition) is 5. The number of ether oxygens (including phenoxy) is 4. The molecular weight excluding hydrogens is 678 g/mol. The number of nitrogens with one attached hydrogen (secondary N) is 4. The molecule has 0 aromatic heterocycles. The van der Waals surface area contributed by atoms with Crippen molar-refractivity contribution in [2.24, 2.45) is 5.92 Å². The Morgan fingerprint density at radius 2 is 1.27 bits per heavy atom. The number of imide groups is 1. The van der Waals surface area contributed by atoms with Gasteiger partial charge in [-0.2, -0.15) is 0 Å². The molecular formula is C36H55N5O11. The van der Waals surface area contributed by atoms with Crippen molar-refractivity contribution >= 4 is 41.1 Å². The van der Waals surface area contributed by atoms with Crippen molar-refractivity contribution in [2.75, 3.05) is 71.3 Å². The van der Waals surface area contributed by atoms with Crippen LogP contribution in [0.1, 0.15) is 58.4 Å². The van der Waals surface area contributed by atoms with Crippen LogP contribution in [0, 0.1) is 5.92 Å². The second-order valence-electron chi connectivity index (χ2n) is 12.4. The first-order valence-corrected chi connectivity index (χ1v) is 17.7. The third kappa shape index (κ3) is 18.3. The van der Waals surface area contributed by atoms with Crippen molar-refractivity contribution in [3.63, 3.8) is 0 Å². The number of rotatable bonds is 28. The highest BCUT2D eigenvalue weighted by molar-refractivity contribution is 6.12. The summed E-state index contributed by atoms with van der Waals surface area (Å²) in [6.45, 7) is 8.39. The quantitative estimate of drug-likeness (QED) is 0.0601. The second-order valence-corrected chi connectivity index (χ2v) is 12.4. The molecule has 0 saturated carbocycles. The van der Waals surface area contributed by atoms with Gasteiger partial charge < -0.3 is 45.3 Å². The van der Waals surface area contributed by atoms with Crippen LogP contribution in [0.25, 0.3) is 0 Å².